The maximum atomic E-state index is 12.6. The van der Waals surface area contributed by atoms with Gasteiger partial charge in [0, 0.05) is 4.47 Å². The van der Waals surface area contributed by atoms with Gasteiger partial charge in [-0.15, -0.1) is 0 Å². The number of carbonyl (C=O) groups is 1. The van der Waals surface area contributed by atoms with Crippen molar-refractivity contribution in [3.05, 3.63) is 75.4 Å². The lowest BCUT2D eigenvalue weighted by Gasteiger charge is -2.24. The molecule has 29 heavy (non-hydrogen) atoms. The van der Waals surface area contributed by atoms with Crippen LogP contribution in [0.5, 0.6) is 5.75 Å². The minimum Gasteiger partial charge on any atom is -0.476 e. The lowest BCUT2D eigenvalue weighted by Crippen LogP contribution is -2.39. The monoisotopic (exact) mass is 459 g/mol. The molecule has 2 aromatic carbocycles. The van der Waals surface area contributed by atoms with Crippen LogP contribution >= 0.6 is 15.9 Å². The largest absolute Gasteiger partial charge is 0.476 e. The highest BCUT2D eigenvalue weighted by Crippen LogP contribution is 2.20. The highest BCUT2D eigenvalue weighted by Gasteiger charge is 2.31. The Labute approximate surface area is 177 Å². The molecule has 0 aliphatic carbocycles. The van der Waals surface area contributed by atoms with Crippen molar-refractivity contribution in [1.29, 1.82) is 0 Å². The number of hydrogen-bond acceptors (Lipinski definition) is 5. The van der Waals surface area contributed by atoms with Crippen molar-refractivity contribution in [2.45, 2.75) is 32.9 Å². The molecule has 152 valence electrons. The second-order valence-corrected chi connectivity index (χ2v) is 7.81. The molecule has 0 spiro atoms. The topological polar surface area (TPSA) is 75.3 Å². The van der Waals surface area contributed by atoms with E-state index in [1.54, 1.807) is 32.9 Å². The molecule has 0 amide bonds. The Bertz CT molecular complexity index is 1040. The van der Waals surface area contributed by atoms with Crippen LogP contribution in [0.1, 0.15) is 26.3 Å². The average molecular weight is 460 g/mol. The van der Waals surface area contributed by atoms with Crippen LogP contribution in [-0.2, 0) is 16.1 Å². The first-order valence-corrected chi connectivity index (χ1v) is 9.95. The van der Waals surface area contributed by atoms with Gasteiger partial charge in [-0.2, -0.15) is 5.10 Å². The Hall–Kier alpha value is -2.87. The predicted octanol–water partition coefficient (Wildman–Crippen LogP) is 3.57. The van der Waals surface area contributed by atoms with E-state index in [9.17, 15) is 9.59 Å². The molecule has 0 fully saturated rings. The number of aromatic nitrogens is 3. The van der Waals surface area contributed by atoms with Crippen molar-refractivity contribution in [2.24, 2.45) is 0 Å². The molecule has 0 saturated carbocycles. The van der Waals surface area contributed by atoms with E-state index in [2.05, 4.69) is 21.0 Å². The Morgan fingerprint density at radius 1 is 1.10 bits per heavy atom. The Kier molecular flexibility index (Phi) is 6.22. The summed E-state index contributed by atoms with van der Waals surface area (Å²) in [6.07, 6.45) is 1.50. The summed E-state index contributed by atoms with van der Waals surface area (Å²) in [5.74, 6) is 0.119. The van der Waals surface area contributed by atoms with Crippen LogP contribution in [0.4, 0.5) is 0 Å². The summed E-state index contributed by atoms with van der Waals surface area (Å²) in [7, 11) is 0. The number of hydrogen-bond donors (Lipinski definition) is 0. The van der Waals surface area contributed by atoms with Crippen LogP contribution in [0.3, 0.4) is 0 Å². The predicted molar refractivity (Wildman–Crippen MR) is 112 cm³/mol. The van der Waals surface area contributed by atoms with Gasteiger partial charge in [-0.05, 0) is 62.7 Å². The fourth-order valence-corrected chi connectivity index (χ4v) is 2.97. The van der Waals surface area contributed by atoms with Gasteiger partial charge >= 0.3 is 11.7 Å². The van der Waals surface area contributed by atoms with E-state index in [-0.39, 0.29) is 5.69 Å². The fraction of sp³-hybridized carbons (Fsp3) is 0.286. The van der Waals surface area contributed by atoms with Gasteiger partial charge in [-0.1, -0.05) is 28.1 Å². The number of nitrogens with zero attached hydrogens (tertiary/aromatic N) is 3. The quantitative estimate of drug-likeness (QED) is 0.504. The molecule has 0 N–H and O–H groups in total. The van der Waals surface area contributed by atoms with Crippen LogP contribution in [0, 0.1) is 0 Å². The lowest BCUT2D eigenvalue weighted by atomic mass is 10.1. The third-order valence-corrected chi connectivity index (χ3v) is 4.76. The van der Waals surface area contributed by atoms with E-state index in [1.165, 1.54) is 15.6 Å². The number of carbonyl (C=O) groups excluding carboxylic acids is 1. The summed E-state index contributed by atoms with van der Waals surface area (Å²) in [6, 6.07) is 14.6. The van der Waals surface area contributed by atoms with Crippen LogP contribution in [0.25, 0.3) is 5.69 Å². The molecule has 0 unspecified atom stereocenters. The first kappa shape index (κ1) is 20.9. The van der Waals surface area contributed by atoms with Gasteiger partial charge < -0.3 is 9.47 Å². The molecule has 3 aromatic rings. The van der Waals surface area contributed by atoms with Crippen LogP contribution < -0.4 is 10.4 Å². The Morgan fingerprint density at radius 3 is 2.38 bits per heavy atom. The number of ether oxygens (including phenoxy) is 2. The standard InChI is InChI=1S/C21H22BrN3O4/c1-4-28-19(26)21(2,3)29-18-11-5-15(6-12-18)13-25-20(27)24(14-23-25)17-9-7-16(22)8-10-17/h5-12,14H,4,13H2,1-3H3. The minimum atomic E-state index is -1.09. The van der Waals surface area contributed by atoms with Gasteiger partial charge in [0.25, 0.3) is 0 Å². The lowest BCUT2D eigenvalue weighted by molar-refractivity contribution is -0.158. The molecule has 1 heterocycles. The highest BCUT2D eigenvalue weighted by molar-refractivity contribution is 9.10. The van der Waals surface area contributed by atoms with E-state index in [1.807, 2.05) is 36.4 Å². The number of esters is 1. The van der Waals surface area contributed by atoms with Crippen LogP contribution in [0.2, 0.25) is 0 Å². The number of halogens is 1. The van der Waals surface area contributed by atoms with E-state index in [4.69, 9.17) is 9.47 Å². The minimum absolute atomic E-state index is 0.226. The maximum absolute atomic E-state index is 12.6. The zero-order chi connectivity index (χ0) is 21.0. The first-order valence-electron chi connectivity index (χ1n) is 9.16. The van der Waals surface area contributed by atoms with Crippen molar-refractivity contribution < 1.29 is 14.3 Å². The van der Waals surface area contributed by atoms with E-state index < -0.39 is 11.6 Å². The van der Waals surface area contributed by atoms with Crippen LogP contribution in [-0.4, -0.2) is 32.5 Å². The molecule has 3 rings (SSSR count). The molecule has 0 bridgehead atoms. The van der Waals surface area contributed by atoms with Gasteiger partial charge in [0.1, 0.15) is 12.1 Å². The smallest absolute Gasteiger partial charge is 0.350 e. The van der Waals surface area contributed by atoms with Gasteiger partial charge in [0.05, 0.1) is 18.8 Å². The average Bonchev–Trinajstić information content (AvgIpc) is 3.04. The van der Waals surface area contributed by atoms with Gasteiger partial charge in [-0.3, -0.25) is 0 Å². The van der Waals surface area contributed by atoms with Crippen LogP contribution in [0.15, 0.2) is 64.1 Å². The summed E-state index contributed by atoms with van der Waals surface area (Å²) < 4.78 is 14.6. The van der Waals surface area contributed by atoms with Gasteiger partial charge in [0.2, 0.25) is 0 Å². The molecule has 0 aliphatic heterocycles. The SMILES string of the molecule is CCOC(=O)C(C)(C)Oc1ccc(Cn2ncn(-c3ccc(Br)cc3)c2=O)cc1. The second kappa shape index (κ2) is 8.65. The van der Waals surface area contributed by atoms with E-state index in [0.29, 0.717) is 18.9 Å². The normalized spacial score (nSPS) is 11.3. The highest BCUT2D eigenvalue weighted by atomic mass is 79.9. The second-order valence-electron chi connectivity index (χ2n) is 6.89. The molecule has 0 saturated heterocycles. The summed E-state index contributed by atoms with van der Waals surface area (Å²) in [5.41, 5.74) is 0.317. The van der Waals surface area contributed by atoms with Crippen molar-refractivity contribution >= 4 is 21.9 Å². The molecule has 1 aromatic heterocycles. The van der Waals surface area contributed by atoms with Gasteiger partial charge in [0.15, 0.2) is 5.60 Å². The molecular weight excluding hydrogens is 438 g/mol. The maximum Gasteiger partial charge on any atom is 0.350 e. The summed E-state index contributed by atoms with van der Waals surface area (Å²) >= 11 is 3.38. The summed E-state index contributed by atoms with van der Waals surface area (Å²) in [5, 5.41) is 4.20. The first-order chi connectivity index (χ1) is 13.8. The number of rotatable bonds is 7. The molecule has 0 atom stereocenters. The Morgan fingerprint density at radius 2 is 1.76 bits per heavy atom. The summed E-state index contributed by atoms with van der Waals surface area (Å²) in [6.45, 7) is 5.69. The summed E-state index contributed by atoms with van der Waals surface area (Å²) in [4.78, 5) is 24.6. The molecule has 7 nitrogen and oxygen atoms in total. The molecule has 0 radical (unpaired) electrons. The molecule has 0 aliphatic rings. The van der Waals surface area contributed by atoms with Crippen molar-refractivity contribution in [3.8, 4) is 11.4 Å². The Balaban J connectivity index is 1.71. The van der Waals surface area contributed by atoms with Crippen molar-refractivity contribution in [3.63, 3.8) is 0 Å². The third-order valence-electron chi connectivity index (χ3n) is 4.23. The van der Waals surface area contributed by atoms with Crippen molar-refractivity contribution in [2.75, 3.05) is 6.61 Å². The van der Waals surface area contributed by atoms with Gasteiger partial charge in [-0.25, -0.2) is 18.8 Å². The van der Waals surface area contributed by atoms with Crippen molar-refractivity contribution in [1.82, 2.24) is 14.3 Å². The number of benzene rings is 2. The van der Waals surface area contributed by atoms with E-state index >= 15 is 0 Å². The third kappa shape index (κ3) is 4.95. The zero-order valence-corrected chi connectivity index (χ0v) is 18.0. The fourth-order valence-electron chi connectivity index (χ4n) is 2.70. The molecule has 8 heteroatoms. The van der Waals surface area contributed by atoms with E-state index in [0.717, 1.165) is 15.7 Å². The zero-order valence-electron chi connectivity index (χ0n) is 16.5. The molecular formula is C21H22BrN3O4.